The molecule has 0 aliphatic rings. The molecule has 2 N–H and O–H groups in total. The molecule has 0 aromatic rings. The summed E-state index contributed by atoms with van der Waals surface area (Å²) in [4.78, 5) is 1.83. The van der Waals surface area contributed by atoms with E-state index in [4.69, 9.17) is 9.66 Å². The number of hydrogen-bond acceptors (Lipinski definition) is 4. The number of aliphatic hydroxyl groups is 1. The van der Waals surface area contributed by atoms with Crippen LogP contribution in [0.3, 0.4) is 0 Å². The fourth-order valence-electron chi connectivity index (χ4n) is 1.10. The van der Waals surface area contributed by atoms with Gasteiger partial charge in [0.2, 0.25) is 0 Å². The van der Waals surface area contributed by atoms with Crippen molar-refractivity contribution in [1.29, 1.82) is 0 Å². The summed E-state index contributed by atoms with van der Waals surface area (Å²) in [5, 5.41) is 8.71. The molecule has 0 aromatic carbocycles. The van der Waals surface area contributed by atoms with Gasteiger partial charge in [-0.15, -0.1) is 0 Å². The minimum Gasteiger partial charge on any atom is -0.395 e. The van der Waals surface area contributed by atoms with Crippen molar-refractivity contribution in [3.63, 3.8) is 0 Å². The van der Waals surface area contributed by atoms with E-state index in [2.05, 4.69) is 0 Å². The summed E-state index contributed by atoms with van der Waals surface area (Å²) < 4.78 is 29.5. The van der Waals surface area contributed by atoms with Crippen molar-refractivity contribution in [3.05, 3.63) is 0 Å². The van der Waals surface area contributed by atoms with E-state index < -0.39 is 10.1 Å². The average molecular weight is 225 g/mol. The molecule has 0 bridgehead atoms. The molecule has 86 valence electrons. The smallest absolute Gasteiger partial charge is 0.266 e. The Morgan fingerprint density at radius 2 is 1.86 bits per heavy atom. The van der Waals surface area contributed by atoms with Gasteiger partial charge in [-0.1, -0.05) is 13.3 Å². The van der Waals surface area contributed by atoms with E-state index in [1.54, 1.807) is 0 Å². The zero-order valence-electron chi connectivity index (χ0n) is 8.52. The average Bonchev–Trinajstić information content (AvgIpc) is 2.08. The highest BCUT2D eigenvalue weighted by Gasteiger charge is 2.09. The second-order valence-corrected chi connectivity index (χ2v) is 4.78. The van der Waals surface area contributed by atoms with Crippen molar-refractivity contribution in [2.75, 3.05) is 32.0 Å². The Morgan fingerprint density at radius 3 is 2.29 bits per heavy atom. The fourth-order valence-corrected chi connectivity index (χ4v) is 1.59. The highest BCUT2D eigenvalue weighted by molar-refractivity contribution is 7.85. The van der Waals surface area contributed by atoms with E-state index in [9.17, 15) is 8.42 Å². The summed E-state index contributed by atoms with van der Waals surface area (Å²) in [6.07, 6.45) is 1.99. The Hall–Kier alpha value is -0.170. The molecule has 0 aliphatic carbocycles. The quantitative estimate of drug-likeness (QED) is 0.567. The van der Waals surface area contributed by atoms with Crippen molar-refractivity contribution in [3.8, 4) is 0 Å². The van der Waals surface area contributed by atoms with E-state index in [1.165, 1.54) is 0 Å². The van der Waals surface area contributed by atoms with Crippen LogP contribution in [0.5, 0.6) is 0 Å². The SMILES string of the molecule is CCCCN(CCO)CCS(=O)(=O)O. The molecule has 0 fully saturated rings. The van der Waals surface area contributed by atoms with Crippen molar-refractivity contribution < 1.29 is 18.1 Å². The highest BCUT2D eigenvalue weighted by Crippen LogP contribution is 1.95. The minimum absolute atomic E-state index is 0.00912. The van der Waals surface area contributed by atoms with E-state index in [1.807, 2.05) is 11.8 Å². The van der Waals surface area contributed by atoms with E-state index in [-0.39, 0.29) is 18.9 Å². The minimum atomic E-state index is -3.89. The molecule has 0 rings (SSSR count). The molecule has 0 spiro atoms. The molecule has 0 saturated heterocycles. The third-order valence-electron chi connectivity index (χ3n) is 1.91. The van der Waals surface area contributed by atoms with Gasteiger partial charge in [0.05, 0.1) is 12.4 Å². The van der Waals surface area contributed by atoms with Gasteiger partial charge >= 0.3 is 0 Å². The van der Waals surface area contributed by atoms with Gasteiger partial charge in [-0.3, -0.25) is 9.45 Å². The molecular weight excluding hydrogens is 206 g/mol. The predicted octanol–water partition coefficient (Wildman–Crippen LogP) is -0.0314. The zero-order chi connectivity index (χ0) is 11.0. The third kappa shape index (κ3) is 8.43. The van der Waals surface area contributed by atoms with Gasteiger partial charge in [-0.05, 0) is 13.0 Å². The van der Waals surface area contributed by atoms with Gasteiger partial charge < -0.3 is 5.11 Å². The van der Waals surface area contributed by atoms with Gasteiger partial charge in [-0.2, -0.15) is 8.42 Å². The summed E-state index contributed by atoms with van der Waals surface area (Å²) in [7, 11) is -3.89. The van der Waals surface area contributed by atoms with Crippen LogP contribution < -0.4 is 0 Å². The maximum atomic E-state index is 10.5. The molecule has 0 aliphatic heterocycles. The summed E-state index contributed by atoms with van der Waals surface area (Å²) in [6, 6.07) is 0. The number of rotatable bonds is 8. The summed E-state index contributed by atoms with van der Waals surface area (Å²) in [5.74, 6) is -0.267. The lowest BCUT2D eigenvalue weighted by Gasteiger charge is -2.19. The maximum absolute atomic E-state index is 10.5. The van der Waals surface area contributed by atoms with Crippen LogP contribution in [-0.2, 0) is 10.1 Å². The van der Waals surface area contributed by atoms with Crippen molar-refractivity contribution in [2.24, 2.45) is 0 Å². The first-order valence-electron chi connectivity index (χ1n) is 4.78. The third-order valence-corrected chi connectivity index (χ3v) is 2.61. The topological polar surface area (TPSA) is 77.8 Å². The molecule has 5 nitrogen and oxygen atoms in total. The summed E-state index contributed by atoms with van der Waals surface area (Å²) in [5.41, 5.74) is 0. The Balaban J connectivity index is 3.84. The van der Waals surface area contributed by atoms with Crippen LogP contribution in [0.1, 0.15) is 19.8 Å². The lowest BCUT2D eigenvalue weighted by atomic mass is 10.3. The van der Waals surface area contributed by atoms with Gasteiger partial charge in [0, 0.05) is 13.1 Å². The molecule has 0 atom stereocenters. The lowest BCUT2D eigenvalue weighted by molar-refractivity contribution is 0.200. The van der Waals surface area contributed by atoms with Crippen molar-refractivity contribution in [2.45, 2.75) is 19.8 Å². The van der Waals surface area contributed by atoms with Crippen LogP contribution in [-0.4, -0.2) is 55.0 Å². The Bertz CT molecular complexity index is 227. The van der Waals surface area contributed by atoms with Gasteiger partial charge in [0.15, 0.2) is 0 Å². The first-order chi connectivity index (χ1) is 6.49. The van der Waals surface area contributed by atoms with Crippen LogP contribution in [0, 0.1) is 0 Å². The van der Waals surface area contributed by atoms with Crippen LogP contribution in [0.2, 0.25) is 0 Å². The predicted molar refractivity (Wildman–Crippen MR) is 54.8 cm³/mol. The second kappa shape index (κ2) is 7.17. The normalized spacial score (nSPS) is 12.3. The number of nitrogens with zero attached hydrogens (tertiary/aromatic N) is 1. The zero-order valence-corrected chi connectivity index (χ0v) is 9.33. The largest absolute Gasteiger partial charge is 0.395 e. The van der Waals surface area contributed by atoms with Crippen LogP contribution in [0.25, 0.3) is 0 Å². The Morgan fingerprint density at radius 1 is 1.21 bits per heavy atom. The van der Waals surface area contributed by atoms with Gasteiger partial charge in [-0.25, -0.2) is 0 Å². The van der Waals surface area contributed by atoms with E-state index in [0.717, 1.165) is 19.4 Å². The van der Waals surface area contributed by atoms with Crippen molar-refractivity contribution >= 4 is 10.1 Å². The monoisotopic (exact) mass is 225 g/mol. The number of hydrogen-bond donors (Lipinski definition) is 2. The molecule has 6 heteroatoms. The standard InChI is InChI=1S/C8H19NO4S/c1-2-3-4-9(5-7-10)6-8-14(11,12)13/h10H,2-8H2,1H3,(H,11,12,13). The number of aliphatic hydroxyl groups excluding tert-OH is 1. The first kappa shape index (κ1) is 13.8. The number of unbranched alkanes of at least 4 members (excludes halogenated alkanes) is 1. The first-order valence-corrected chi connectivity index (χ1v) is 6.39. The van der Waals surface area contributed by atoms with Gasteiger partial charge in [0.25, 0.3) is 10.1 Å². The molecule has 0 saturated carbocycles. The van der Waals surface area contributed by atoms with Crippen LogP contribution in [0.4, 0.5) is 0 Å². The maximum Gasteiger partial charge on any atom is 0.266 e. The van der Waals surface area contributed by atoms with E-state index >= 15 is 0 Å². The Kier molecular flexibility index (Phi) is 7.08. The van der Waals surface area contributed by atoms with E-state index in [0.29, 0.717) is 6.54 Å². The van der Waals surface area contributed by atoms with Gasteiger partial charge in [0.1, 0.15) is 0 Å². The molecule has 0 radical (unpaired) electrons. The highest BCUT2D eigenvalue weighted by atomic mass is 32.2. The lowest BCUT2D eigenvalue weighted by Crippen LogP contribution is -2.32. The van der Waals surface area contributed by atoms with Crippen LogP contribution in [0.15, 0.2) is 0 Å². The summed E-state index contributed by atoms with van der Waals surface area (Å²) in [6.45, 7) is 3.54. The molecule has 0 amide bonds. The van der Waals surface area contributed by atoms with Crippen LogP contribution >= 0.6 is 0 Å². The molecule has 0 unspecified atom stereocenters. The molecular formula is C8H19NO4S. The molecule has 0 aromatic heterocycles. The molecule has 14 heavy (non-hydrogen) atoms. The van der Waals surface area contributed by atoms with Crippen molar-refractivity contribution in [1.82, 2.24) is 4.90 Å². The Labute approximate surface area is 85.5 Å². The summed E-state index contributed by atoms with van der Waals surface area (Å²) >= 11 is 0. The second-order valence-electron chi connectivity index (χ2n) is 3.20. The fraction of sp³-hybridized carbons (Fsp3) is 1.00. The molecule has 0 heterocycles.